The van der Waals surface area contributed by atoms with Crippen molar-refractivity contribution in [1.82, 2.24) is 14.9 Å². The molecule has 1 aromatic rings. The second kappa shape index (κ2) is 11.1. The van der Waals surface area contributed by atoms with E-state index in [0.29, 0.717) is 30.6 Å². The Kier molecular flexibility index (Phi) is 9.36. The molecule has 2 N–H and O–H groups in total. The molecule has 0 saturated carbocycles. The molecule has 1 aromatic carbocycles. The summed E-state index contributed by atoms with van der Waals surface area (Å²) in [5, 5.41) is 2.94. The van der Waals surface area contributed by atoms with E-state index in [1.165, 1.54) is 36.4 Å². The molecular weight excluding hydrogens is 437 g/mol. The van der Waals surface area contributed by atoms with Crippen LogP contribution in [0, 0.1) is 17.7 Å². The van der Waals surface area contributed by atoms with Gasteiger partial charge in [-0.3, -0.25) is 9.69 Å². The molecule has 6 nitrogen and oxygen atoms in total. The summed E-state index contributed by atoms with van der Waals surface area (Å²) < 4.78 is 41.9. The fourth-order valence-corrected chi connectivity index (χ4v) is 5.87. The highest BCUT2D eigenvalue weighted by Gasteiger charge is 2.34. The maximum Gasteiger partial charge on any atom is 0.244 e. The Morgan fingerprint density at radius 2 is 1.87 bits per heavy atom. The van der Waals surface area contributed by atoms with Crippen LogP contribution in [-0.2, 0) is 14.8 Å². The minimum atomic E-state index is -4.16. The first kappa shape index (κ1) is 26.1. The molecule has 31 heavy (non-hydrogen) atoms. The van der Waals surface area contributed by atoms with Gasteiger partial charge in [-0.05, 0) is 62.7 Å². The zero-order valence-corrected chi connectivity index (χ0v) is 20.8. The highest BCUT2D eigenvalue weighted by molar-refractivity contribution is 7.98. The third kappa shape index (κ3) is 7.44. The van der Waals surface area contributed by atoms with Crippen molar-refractivity contribution in [1.29, 1.82) is 0 Å². The Balaban J connectivity index is 2.08. The van der Waals surface area contributed by atoms with E-state index in [4.69, 9.17) is 0 Å². The highest BCUT2D eigenvalue weighted by atomic mass is 32.2. The molecule has 0 spiro atoms. The molecule has 1 heterocycles. The number of thioether (sulfide) groups is 1. The number of nitrogens with zero attached hydrogens (tertiary/aromatic N) is 1. The number of sulfonamides is 1. The largest absolute Gasteiger partial charge is 0.353 e. The maximum atomic E-state index is 14.0. The Morgan fingerprint density at radius 1 is 1.26 bits per heavy atom. The monoisotopic (exact) mass is 473 g/mol. The summed E-state index contributed by atoms with van der Waals surface area (Å²) in [4.78, 5) is 14.9. The third-order valence-electron chi connectivity index (χ3n) is 5.77. The van der Waals surface area contributed by atoms with Crippen LogP contribution in [-0.4, -0.2) is 62.4 Å². The minimum absolute atomic E-state index is 0.257. The Labute approximate surface area is 190 Å². The van der Waals surface area contributed by atoms with Crippen molar-refractivity contribution in [3.8, 4) is 0 Å². The Morgan fingerprint density at radius 3 is 2.45 bits per heavy atom. The summed E-state index contributed by atoms with van der Waals surface area (Å²) in [7, 11) is -4.16. The lowest BCUT2D eigenvalue weighted by Crippen LogP contribution is -2.58. The van der Waals surface area contributed by atoms with Crippen LogP contribution in [0.1, 0.15) is 40.5 Å². The maximum absolute atomic E-state index is 14.0. The van der Waals surface area contributed by atoms with Crippen LogP contribution in [0.15, 0.2) is 29.2 Å². The summed E-state index contributed by atoms with van der Waals surface area (Å²) in [6, 6.07) is 4.21. The molecule has 1 aliphatic rings. The topological polar surface area (TPSA) is 78.5 Å². The van der Waals surface area contributed by atoms with E-state index < -0.39 is 26.8 Å². The number of hydrogen-bond acceptors (Lipinski definition) is 5. The molecule has 9 heteroatoms. The van der Waals surface area contributed by atoms with Crippen molar-refractivity contribution in [2.45, 2.75) is 57.0 Å². The van der Waals surface area contributed by atoms with Crippen molar-refractivity contribution < 1.29 is 17.6 Å². The van der Waals surface area contributed by atoms with Gasteiger partial charge in [0.25, 0.3) is 0 Å². The van der Waals surface area contributed by atoms with Crippen molar-refractivity contribution in [3.63, 3.8) is 0 Å². The molecule has 1 fully saturated rings. The van der Waals surface area contributed by atoms with Gasteiger partial charge >= 0.3 is 0 Å². The van der Waals surface area contributed by atoms with Gasteiger partial charge < -0.3 is 5.32 Å². The molecule has 3 atom stereocenters. The molecule has 1 saturated heterocycles. The van der Waals surface area contributed by atoms with Crippen LogP contribution in [0.5, 0.6) is 0 Å². The second-order valence-corrected chi connectivity index (χ2v) is 11.9. The fourth-order valence-electron chi connectivity index (χ4n) is 4.09. The quantitative estimate of drug-likeness (QED) is 0.546. The van der Waals surface area contributed by atoms with E-state index in [2.05, 4.69) is 42.6 Å². The molecule has 0 radical (unpaired) electrons. The number of carbonyl (C=O) groups is 1. The van der Waals surface area contributed by atoms with Gasteiger partial charge in [0.15, 0.2) is 0 Å². The van der Waals surface area contributed by atoms with Gasteiger partial charge in [0.2, 0.25) is 15.9 Å². The van der Waals surface area contributed by atoms with Crippen LogP contribution in [0.25, 0.3) is 0 Å². The summed E-state index contributed by atoms with van der Waals surface area (Å²) in [6.07, 6.45) is 3.41. The number of likely N-dealkylation sites (tertiary alicyclic amines) is 1. The van der Waals surface area contributed by atoms with E-state index in [1.807, 2.05) is 6.26 Å². The van der Waals surface area contributed by atoms with E-state index in [0.717, 1.165) is 19.2 Å². The van der Waals surface area contributed by atoms with Gasteiger partial charge in [-0.15, -0.1) is 0 Å². The van der Waals surface area contributed by atoms with Gasteiger partial charge in [-0.2, -0.15) is 16.5 Å². The summed E-state index contributed by atoms with van der Waals surface area (Å²) in [6.45, 7) is 11.0. The summed E-state index contributed by atoms with van der Waals surface area (Å²) in [5.41, 5.74) is -0.257. The summed E-state index contributed by atoms with van der Waals surface area (Å²) in [5.74, 6) is 0.567. The molecule has 0 aromatic heterocycles. The van der Waals surface area contributed by atoms with Crippen LogP contribution in [0.2, 0.25) is 0 Å². The molecule has 1 amide bonds. The van der Waals surface area contributed by atoms with E-state index >= 15 is 0 Å². The standard InChI is InChI=1S/C22H36FN3O3S2/c1-16-12-17(2)14-26(13-16)22(3,4)15-24-21(27)19(10-11-30-5)25-31(28,29)20-9-7-6-8-18(20)23/h6-9,16-17,19,25H,10-15H2,1-5H3,(H,24,27). The van der Waals surface area contributed by atoms with Gasteiger partial charge in [0, 0.05) is 25.2 Å². The molecule has 2 rings (SSSR count). The molecule has 176 valence electrons. The molecule has 0 aliphatic carbocycles. The second-order valence-electron chi connectivity index (χ2n) is 9.27. The Hall–Kier alpha value is -1.16. The number of rotatable bonds is 10. The Bertz CT molecular complexity index is 838. The van der Waals surface area contributed by atoms with Gasteiger partial charge in [-0.25, -0.2) is 12.8 Å². The minimum Gasteiger partial charge on any atom is -0.353 e. The van der Waals surface area contributed by atoms with Gasteiger partial charge in [-0.1, -0.05) is 26.0 Å². The number of nitrogens with one attached hydrogen (secondary N) is 2. The number of benzene rings is 1. The molecule has 1 aliphatic heterocycles. The number of piperidine rings is 1. The summed E-state index contributed by atoms with van der Waals surface area (Å²) >= 11 is 1.52. The lowest BCUT2D eigenvalue weighted by atomic mass is 9.88. The molecule has 0 bridgehead atoms. The van der Waals surface area contributed by atoms with Crippen molar-refractivity contribution >= 4 is 27.7 Å². The SMILES string of the molecule is CSCCC(NS(=O)(=O)c1ccccc1F)C(=O)NCC(C)(C)N1CC(C)CC(C)C1. The van der Waals surface area contributed by atoms with E-state index in [-0.39, 0.29) is 11.4 Å². The zero-order chi connectivity index (χ0) is 23.2. The van der Waals surface area contributed by atoms with Gasteiger partial charge in [0.1, 0.15) is 16.8 Å². The van der Waals surface area contributed by atoms with Crippen molar-refractivity contribution in [2.24, 2.45) is 11.8 Å². The van der Waals surface area contributed by atoms with Gasteiger partial charge in [0.05, 0.1) is 0 Å². The normalized spacial score (nSPS) is 21.6. The van der Waals surface area contributed by atoms with Crippen LogP contribution < -0.4 is 10.0 Å². The first-order valence-corrected chi connectivity index (χ1v) is 13.6. The highest BCUT2D eigenvalue weighted by Crippen LogP contribution is 2.27. The predicted octanol–water partition coefficient (Wildman–Crippen LogP) is 3.10. The first-order chi connectivity index (χ1) is 14.5. The lowest BCUT2D eigenvalue weighted by Gasteiger charge is -2.45. The van der Waals surface area contributed by atoms with E-state index in [9.17, 15) is 17.6 Å². The third-order valence-corrected chi connectivity index (χ3v) is 7.92. The number of hydrogen-bond donors (Lipinski definition) is 2. The fraction of sp³-hybridized carbons (Fsp3) is 0.682. The van der Waals surface area contributed by atoms with Crippen LogP contribution in [0.4, 0.5) is 4.39 Å². The van der Waals surface area contributed by atoms with E-state index in [1.54, 1.807) is 0 Å². The molecule has 3 unspecified atom stereocenters. The number of carbonyl (C=O) groups excluding carboxylic acids is 1. The van der Waals surface area contributed by atoms with Crippen molar-refractivity contribution in [3.05, 3.63) is 30.1 Å². The number of halogens is 1. The smallest absolute Gasteiger partial charge is 0.244 e. The van der Waals surface area contributed by atoms with Crippen LogP contribution >= 0.6 is 11.8 Å². The molecular formula is C22H36FN3O3S2. The first-order valence-electron chi connectivity index (χ1n) is 10.7. The predicted molar refractivity (Wildman–Crippen MR) is 125 cm³/mol. The zero-order valence-electron chi connectivity index (χ0n) is 19.2. The lowest BCUT2D eigenvalue weighted by molar-refractivity contribution is -0.123. The van der Waals surface area contributed by atoms with Crippen LogP contribution in [0.3, 0.4) is 0 Å². The average molecular weight is 474 g/mol. The number of amides is 1. The van der Waals surface area contributed by atoms with Crippen molar-refractivity contribution in [2.75, 3.05) is 31.6 Å². The average Bonchev–Trinajstić information content (AvgIpc) is 2.68.